The lowest BCUT2D eigenvalue weighted by molar-refractivity contribution is -0.139. The van der Waals surface area contributed by atoms with Gasteiger partial charge in [0.15, 0.2) is 17.6 Å². The quantitative estimate of drug-likeness (QED) is 0.172. The Bertz CT molecular complexity index is 805. The van der Waals surface area contributed by atoms with Gasteiger partial charge in [-0.05, 0) is 19.3 Å². The van der Waals surface area contributed by atoms with E-state index in [1.54, 1.807) is 19.0 Å². The lowest BCUT2D eigenvalue weighted by Gasteiger charge is -2.24. The molecule has 13 heteroatoms. The Balaban J connectivity index is 2.18. The maximum atomic E-state index is 12.8. The lowest BCUT2D eigenvalue weighted by Crippen LogP contribution is -2.51. The molecule has 1 aliphatic rings. The minimum Gasteiger partial charge on any atom is -0.480 e. The molecule has 1 amide bonds. The fourth-order valence-electron chi connectivity index (χ4n) is 3.21. The number of amides is 1. The number of unbranched alkanes of at least 4 members (excludes halogenated alkanes) is 2. The van der Waals surface area contributed by atoms with Crippen LogP contribution in [-0.2, 0) is 9.53 Å². The van der Waals surface area contributed by atoms with Gasteiger partial charge < -0.3 is 25.8 Å². The number of ether oxygens (including phenoxy) is 1. The van der Waals surface area contributed by atoms with E-state index in [-0.39, 0.29) is 19.0 Å². The van der Waals surface area contributed by atoms with Gasteiger partial charge in [-0.2, -0.15) is 0 Å². The molecule has 0 aromatic carbocycles. The van der Waals surface area contributed by atoms with Gasteiger partial charge in [-0.1, -0.05) is 19.8 Å². The van der Waals surface area contributed by atoms with Gasteiger partial charge in [0.05, 0.1) is 6.61 Å². The topological polar surface area (TPSA) is 173 Å². The number of carboxylic acid groups (broad SMARTS) is 1. The number of guanidine groups is 1. The zero-order valence-electron chi connectivity index (χ0n) is 18.8. The summed E-state index contributed by atoms with van der Waals surface area (Å²) >= 11 is 0. The van der Waals surface area contributed by atoms with Crippen molar-refractivity contribution in [2.24, 2.45) is 5.73 Å². The van der Waals surface area contributed by atoms with Crippen LogP contribution in [0.25, 0.3) is 0 Å². The zero-order valence-corrected chi connectivity index (χ0v) is 18.8. The predicted octanol–water partition coefficient (Wildman–Crippen LogP) is 0.674. The molecule has 0 saturated heterocycles. The third-order valence-corrected chi connectivity index (χ3v) is 4.80. The number of aliphatic carboxylic acids is 1. The molecule has 1 aliphatic heterocycles. The van der Waals surface area contributed by atoms with Gasteiger partial charge in [-0.3, -0.25) is 20.1 Å². The lowest BCUT2D eigenvalue weighted by atomic mass is 10.1. The van der Waals surface area contributed by atoms with Crippen LogP contribution in [0.3, 0.4) is 0 Å². The van der Waals surface area contributed by atoms with Gasteiger partial charge in [-0.15, -0.1) is 0 Å². The van der Waals surface area contributed by atoms with Crippen LogP contribution in [-0.4, -0.2) is 73.1 Å². The number of carbonyl (C=O) groups excluding carboxylic acids is 1. The molecule has 6 N–H and O–H groups in total. The zero-order chi connectivity index (χ0) is 23.7. The molecule has 0 bridgehead atoms. The molecule has 1 aromatic rings. The summed E-state index contributed by atoms with van der Waals surface area (Å²) in [6.07, 6.45) is 4.32. The van der Waals surface area contributed by atoms with Crippen LogP contribution in [0.4, 0.5) is 22.1 Å². The van der Waals surface area contributed by atoms with E-state index in [9.17, 15) is 14.7 Å². The highest BCUT2D eigenvalue weighted by Gasteiger charge is 2.38. The van der Waals surface area contributed by atoms with E-state index in [4.69, 9.17) is 15.9 Å². The molecule has 0 unspecified atom stereocenters. The highest BCUT2D eigenvalue weighted by molar-refractivity contribution is 5.99. The fourth-order valence-corrected chi connectivity index (χ4v) is 3.21. The number of carboxylic acids is 1. The number of hydrogen-bond donors (Lipinski definition) is 5. The van der Waals surface area contributed by atoms with Crippen molar-refractivity contribution < 1.29 is 19.4 Å². The molecule has 0 spiro atoms. The van der Waals surface area contributed by atoms with Crippen LogP contribution >= 0.6 is 0 Å². The fraction of sp³-hybridized carbons (Fsp3) is 0.632. The van der Waals surface area contributed by atoms with Crippen molar-refractivity contribution in [3.05, 3.63) is 6.33 Å². The summed E-state index contributed by atoms with van der Waals surface area (Å²) in [5, 5.41) is 21.0. The summed E-state index contributed by atoms with van der Waals surface area (Å²) in [4.78, 5) is 36.3. The Morgan fingerprint density at radius 3 is 2.72 bits per heavy atom. The number of carbonyl (C=O) groups is 2. The van der Waals surface area contributed by atoms with Crippen LogP contribution in [0, 0.1) is 5.41 Å². The first-order valence-corrected chi connectivity index (χ1v) is 10.6. The van der Waals surface area contributed by atoms with E-state index < -0.39 is 18.1 Å². The molecule has 13 nitrogen and oxygen atoms in total. The van der Waals surface area contributed by atoms with Gasteiger partial charge >= 0.3 is 12.1 Å². The Hall–Kier alpha value is -3.35. The predicted molar refractivity (Wildman–Crippen MR) is 121 cm³/mol. The summed E-state index contributed by atoms with van der Waals surface area (Å²) in [7, 11) is 3.59. The standard InChI is InChI=1S/C19H33N9O4/c1-4-5-6-10-32-19(31)27-12-28(16-14(27)15(26(2)3)23-11-24-16)25-13(17(29)30)8-7-9-22-18(20)21/h11,13,25H,4-10,12H2,1-3H3,(H,29,30)(H4,20,21,22)/t13-/m1/s1. The van der Waals surface area contributed by atoms with Crippen molar-refractivity contribution in [3.63, 3.8) is 0 Å². The Morgan fingerprint density at radius 1 is 1.34 bits per heavy atom. The van der Waals surface area contributed by atoms with Gasteiger partial charge in [0, 0.05) is 20.6 Å². The average Bonchev–Trinajstić information content (AvgIpc) is 3.11. The normalized spacial score (nSPS) is 13.5. The van der Waals surface area contributed by atoms with Crippen molar-refractivity contribution in [1.29, 1.82) is 5.41 Å². The minimum atomic E-state index is -1.04. The van der Waals surface area contributed by atoms with Crippen LogP contribution < -0.4 is 31.3 Å². The molecule has 1 aromatic heterocycles. The molecule has 178 valence electrons. The largest absolute Gasteiger partial charge is 0.480 e. The molecule has 2 rings (SSSR count). The van der Waals surface area contributed by atoms with Crippen LogP contribution in [0.15, 0.2) is 6.33 Å². The number of hydrogen-bond acceptors (Lipinski definition) is 9. The Labute approximate surface area is 187 Å². The molecule has 32 heavy (non-hydrogen) atoms. The number of nitrogens with zero attached hydrogens (tertiary/aromatic N) is 5. The summed E-state index contributed by atoms with van der Waals surface area (Å²) in [6, 6.07) is -0.935. The number of nitrogens with two attached hydrogens (primary N) is 1. The maximum absolute atomic E-state index is 12.8. The van der Waals surface area contributed by atoms with Gasteiger partial charge in [0.1, 0.15) is 24.7 Å². The molecule has 2 heterocycles. The van der Waals surface area contributed by atoms with Crippen molar-refractivity contribution in [2.75, 3.05) is 48.7 Å². The third kappa shape index (κ3) is 6.57. The number of rotatable bonds is 12. The summed E-state index contributed by atoms with van der Waals surface area (Å²) in [5.74, 6) is -0.305. The first kappa shape index (κ1) is 24.9. The number of nitrogens with one attached hydrogen (secondary N) is 3. The first-order chi connectivity index (χ1) is 15.3. The van der Waals surface area contributed by atoms with Crippen molar-refractivity contribution in [1.82, 2.24) is 20.7 Å². The monoisotopic (exact) mass is 451 g/mol. The summed E-state index contributed by atoms with van der Waals surface area (Å²) < 4.78 is 5.42. The molecule has 0 saturated carbocycles. The highest BCUT2D eigenvalue weighted by Crippen LogP contribution is 2.39. The summed E-state index contributed by atoms with van der Waals surface area (Å²) in [6.45, 7) is 2.77. The van der Waals surface area contributed by atoms with E-state index in [1.807, 2.05) is 0 Å². The van der Waals surface area contributed by atoms with E-state index in [2.05, 4.69) is 27.6 Å². The molecule has 0 fully saturated rings. The number of fused-ring (bicyclic) bond motifs is 1. The van der Waals surface area contributed by atoms with Crippen molar-refractivity contribution in [2.45, 2.75) is 45.1 Å². The second kappa shape index (κ2) is 11.9. The first-order valence-electron chi connectivity index (χ1n) is 10.6. The Kier molecular flexibility index (Phi) is 9.25. The number of aromatic nitrogens is 2. The second-order valence-electron chi connectivity index (χ2n) is 7.59. The number of anilines is 3. The third-order valence-electron chi connectivity index (χ3n) is 4.80. The smallest absolute Gasteiger partial charge is 0.416 e. The Morgan fingerprint density at radius 2 is 2.09 bits per heavy atom. The molecular weight excluding hydrogens is 418 g/mol. The van der Waals surface area contributed by atoms with Crippen molar-refractivity contribution in [3.8, 4) is 0 Å². The summed E-state index contributed by atoms with van der Waals surface area (Å²) in [5.41, 5.74) is 8.65. The van der Waals surface area contributed by atoms with E-state index >= 15 is 0 Å². The minimum absolute atomic E-state index is 0.0248. The van der Waals surface area contributed by atoms with Crippen LogP contribution in [0.2, 0.25) is 0 Å². The molecule has 1 atom stereocenters. The van der Waals surface area contributed by atoms with Gasteiger partial charge in [0.25, 0.3) is 0 Å². The molecular formula is C19H33N9O4. The van der Waals surface area contributed by atoms with Gasteiger partial charge in [-0.25, -0.2) is 20.2 Å². The van der Waals surface area contributed by atoms with Gasteiger partial charge in [0.2, 0.25) is 0 Å². The van der Waals surface area contributed by atoms with E-state index in [0.29, 0.717) is 36.9 Å². The molecule has 0 radical (unpaired) electrons. The number of hydrazine groups is 1. The van der Waals surface area contributed by atoms with E-state index in [1.165, 1.54) is 16.2 Å². The average molecular weight is 452 g/mol. The van der Waals surface area contributed by atoms with Crippen LogP contribution in [0.1, 0.15) is 39.0 Å². The highest BCUT2D eigenvalue weighted by atomic mass is 16.6. The van der Waals surface area contributed by atoms with Crippen LogP contribution in [0.5, 0.6) is 0 Å². The van der Waals surface area contributed by atoms with E-state index in [0.717, 1.165) is 19.3 Å². The molecule has 0 aliphatic carbocycles. The SMILES string of the molecule is CCCCCOC(=O)N1CN(N[C@H](CCCNC(=N)N)C(=O)O)c2ncnc(N(C)C)c21. The van der Waals surface area contributed by atoms with Crippen molar-refractivity contribution >= 4 is 35.3 Å². The second-order valence-corrected chi connectivity index (χ2v) is 7.59. The maximum Gasteiger partial charge on any atom is 0.416 e.